The van der Waals surface area contributed by atoms with Crippen molar-refractivity contribution in [3.63, 3.8) is 0 Å². The van der Waals surface area contributed by atoms with Crippen LogP contribution < -0.4 is 5.32 Å². The third-order valence-corrected chi connectivity index (χ3v) is 8.85. The number of fused-ring (bicyclic) bond motifs is 1. The molecule has 44 heavy (non-hydrogen) atoms. The van der Waals surface area contributed by atoms with Crippen molar-refractivity contribution in [3.05, 3.63) is 70.0 Å². The lowest BCUT2D eigenvalue weighted by Gasteiger charge is -2.38. The first-order chi connectivity index (χ1) is 21.3. The maximum Gasteiger partial charge on any atom is 0.328 e. The molecular formula is C32H36BrN5O6. The van der Waals surface area contributed by atoms with Gasteiger partial charge in [-0.05, 0) is 83.1 Å². The zero-order valence-electron chi connectivity index (χ0n) is 24.6. The number of anilines is 1. The minimum absolute atomic E-state index is 0.0527. The smallest absolute Gasteiger partial charge is 0.328 e. The van der Waals surface area contributed by atoms with E-state index in [9.17, 15) is 19.5 Å². The Balaban J connectivity index is 1.24. The third kappa shape index (κ3) is 7.77. The molecule has 3 aliphatic rings. The van der Waals surface area contributed by atoms with Gasteiger partial charge in [-0.2, -0.15) is 10.1 Å². The number of carbonyl (C=O) groups is 3. The predicted octanol–water partition coefficient (Wildman–Crippen LogP) is 4.05. The van der Waals surface area contributed by atoms with Gasteiger partial charge in [-0.15, -0.1) is 0 Å². The van der Waals surface area contributed by atoms with Gasteiger partial charge in [0.05, 0.1) is 17.8 Å². The number of para-hydroxylation sites is 1. The van der Waals surface area contributed by atoms with Gasteiger partial charge in [0.15, 0.2) is 6.10 Å². The summed E-state index contributed by atoms with van der Waals surface area (Å²) < 4.78 is 5.37. The van der Waals surface area contributed by atoms with Gasteiger partial charge in [-0.25, -0.2) is 9.59 Å². The molecule has 0 spiro atoms. The highest BCUT2D eigenvalue weighted by molar-refractivity contribution is 9.10. The van der Waals surface area contributed by atoms with Crippen LogP contribution in [0.15, 0.2) is 63.9 Å². The summed E-state index contributed by atoms with van der Waals surface area (Å²) in [6.07, 6.45) is 4.55. The van der Waals surface area contributed by atoms with Crippen LogP contribution in [0.3, 0.4) is 0 Å². The number of methoxy groups -OCH3 is 1. The molecule has 5 rings (SSSR count). The fraction of sp³-hybridized carbons (Fsp3) is 0.438. The molecule has 0 saturated carbocycles. The average Bonchev–Trinajstić information content (AvgIpc) is 3.43. The third-order valence-electron chi connectivity index (χ3n) is 8.22. The molecule has 2 aromatic rings. The molecule has 232 valence electrons. The summed E-state index contributed by atoms with van der Waals surface area (Å²) in [5.74, 6) is 1.81. The molecule has 0 unspecified atom stereocenters. The average molecular weight is 667 g/mol. The van der Waals surface area contributed by atoms with E-state index in [2.05, 4.69) is 37.8 Å². The predicted molar refractivity (Wildman–Crippen MR) is 167 cm³/mol. The van der Waals surface area contributed by atoms with Crippen molar-refractivity contribution in [2.75, 3.05) is 38.6 Å². The number of phenols is 1. The highest BCUT2D eigenvalue weighted by Crippen LogP contribution is 2.27. The van der Waals surface area contributed by atoms with Crippen LogP contribution in [-0.2, 0) is 32.0 Å². The summed E-state index contributed by atoms with van der Waals surface area (Å²) in [6.45, 7) is 2.38. The van der Waals surface area contributed by atoms with Gasteiger partial charge >= 0.3 is 12.0 Å². The number of amides is 3. The number of rotatable bonds is 8. The Morgan fingerprint density at radius 3 is 2.73 bits per heavy atom. The van der Waals surface area contributed by atoms with Crippen LogP contribution in [0, 0.1) is 0 Å². The Bertz CT molecular complexity index is 1480. The number of esters is 1. The fourth-order valence-corrected chi connectivity index (χ4v) is 6.27. The van der Waals surface area contributed by atoms with Gasteiger partial charge < -0.3 is 25.0 Å². The zero-order valence-corrected chi connectivity index (χ0v) is 26.2. The molecule has 12 heteroatoms. The van der Waals surface area contributed by atoms with Gasteiger partial charge in [0, 0.05) is 50.2 Å². The van der Waals surface area contributed by atoms with Gasteiger partial charge in [0.1, 0.15) is 11.8 Å². The molecule has 0 bridgehead atoms. The molecule has 2 atom stereocenters. The first-order valence-electron chi connectivity index (χ1n) is 14.8. The number of benzene rings is 2. The number of nitrogens with one attached hydrogen (secondary N) is 1. The SMILES string of the molecule is COC(=O)[C@@H]1CCCN1C=C=C=NC(=O)[C@@H](Cc1ccc(O)c(Br)c1)ON1CCC(N2CCc3ccccc3NC2=O)CC1. The zero-order chi connectivity index (χ0) is 31.1. The Hall–Kier alpha value is -3.92. The summed E-state index contributed by atoms with van der Waals surface area (Å²) in [7, 11) is 1.36. The number of hydroxylamine groups is 2. The van der Waals surface area contributed by atoms with Crippen molar-refractivity contribution >= 4 is 45.4 Å². The topological polar surface area (TPSA) is 124 Å². The van der Waals surface area contributed by atoms with Crippen LogP contribution in [0.25, 0.3) is 0 Å². The van der Waals surface area contributed by atoms with E-state index < -0.39 is 12.0 Å². The molecule has 3 heterocycles. The summed E-state index contributed by atoms with van der Waals surface area (Å²) in [4.78, 5) is 52.1. The molecule has 2 aromatic carbocycles. The van der Waals surface area contributed by atoms with Gasteiger partial charge in [-0.3, -0.25) is 9.63 Å². The molecule has 3 amide bonds. The van der Waals surface area contributed by atoms with Crippen LogP contribution in [0.4, 0.5) is 10.5 Å². The number of halogens is 1. The number of hydrogen-bond acceptors (Lipinski definition) is 8. The molecule has 2 N–H and O–H groups in total. The van der Waals surface area contributed by atoms with Crippen molar-refractivity contribution in [1.29, 1.82) is 0 Å². The lowest BCUT2D eigenvalue weighted by atomic mass is 10.0. The maximum absolute atomic E-state index is 13.2. The van der Waals surface area contributed by atoms with E-state index in [1.807, 2.05) is 29.2 Å². The second kappa shape index (κ2) is 14.7. The summed E-state index contributed by atoms with van der Waals surface area (Å²) in [5, 5.41) is 14.7. The largest absolute Gasteiger partial charge is 0.507 e. The van der Waals surface area contributed by atoms with Crippen LogP contribution in [-0.4, -0.2) is 95.2 Å². The van der Waals surface area contributed by atoms with Gasteiger partial charge in [-0.1, -0.05) is 24.3 Å². The quantitative estimate of drug-likeness (QED) is 0.246. The van der Waals surface area contributed by atoms with Crippen molar-refractivity contribution in [2.45, 2.75) is 56.7 Å². The maximum atomic E-state index is 13.2. The number of carbonyl (C=O) groups excluding carboxylic acids is 3. The second-order valence-electron chi connectivity index (χ2n) is 11.0. The van der Waals surface area contributed by atoms with Crippen LogP contribution in [0.5, 0.6) is 5.75 Å². The first-order valence-corrected chi connectivity index (χ1v) is 15.6. The van der Waals surface area contributed by atoms with Crippen molar-refractivity contribution in [3.8, 4) is 5.75 Å². The monoisotopic (exact) mass is 665 g/mol. The number of nitrogens with zero attached hydrogens (tertiary/aromatic N) is 4. The normalized spacial score (nSPS) is 19.6. The van der Waals surface area contributed by atoms with Crippen LogP contribution in [0.2, 0.25) is 0 Å². The van der Waals surface area contributed by atoms with E-state index in [1.165, 1.54) is 7.11 Å². The molecule has 2 saturated heterocycles. The lowest BCUT2D eigenvalue weighted by Crippen LogP contribution is -2.49. The second-order valence-corrected chi connectivity index (χ2v) is 11.9. The van der Waals surface area contributed by atoms with E-state index in [-0.39, 0.29) is 36.3 Å². The highest BCUT2D eigenvalue weighted by Gasteiger charge is 2.32. The molecule has 0 radical (unpaired) electrons. The molecule has 11 nitrogen and oxygen atoms in total. The summed E-state index contributed by atoms with van der Waals surface area (Å²) in [5.41, 5.74) is 5.52. The Kier molecular flexibility index (Phi) is 10.5. The number of aromatic hydroxyl groups is 1. The van der Waals surface area contributed by atoms with Crippen LogP contribution >= 0.6 is 15.9 Å². The molecule has 0 aliphatic carbocycles. The summed E-state index contributed by atoms with van der Waals surface area (Å²) in [6, 6.07) is 12.5. The molecule has 2 fully saturated rings. The van der Waals surface area contributed by atoms with E-state index in [0.29, 0.717) is 49.9 Å². The van der Waals surface area contributed by atoms with E-state index in [4.69, 9.17) is 9.57 Å². The Labute approximate surface area is 264 Å². The Morgan fingerprint density at radius 2 is 1.95 bits per heavy atom. The van der Waals surface area contributed by atoms with Crippen molar-refractivity contribution < 1.29 is 29.1 Å². The number of aliphatic imine (C=N–C) groups is 1. The molecular weight excluding hydrogens is 630 g/mol. The lowest BCUT2D eigenvalue weighted by molar-refractivity contribution is -0.208. The van der Waals surface area contributed by atoms with Gasteiger partial charge in [0.25, 0.3) is 5.91 Å². The van der Waals surface area contributed by atoms with Gasteiger partial charge in [0.2, 0.25) is 0 Å². The minimum Gasteiger partial charge on any atom is -0.507 e. The minimum atomic E-state index is -0.942. The first kappa shape index (κ1) is 31.5. The van der Waals surface area contributed by atoms with Crippen molar-refractivity contribution in [1.82, 2.24) is 14.9 Å². The van der Waals surface area contributed by atoms with Crippen LogP contribution in [0.1, 0.15) is 36.8 Å². The number of phenolic OH excluding ortho intramolecular Hbond substituents is 1. The highest BCUT2D eigenvalue weighted by atomic mass is 79.9. The van der Waals surface area contributed by atoms with E-state index >= 15 is 0 Å². The molecule has 3 aliphatic heterocycles. The fourth-order valence-electron chi connectivity index (χ4n) is 5.84. The number of likely N-dealkylation sites (tertiary alicyclic amines) is 1. The number of urea groups is 1. The number of ether oxygens (including phenoxy) is 1. The Morgan fingerprint density at radius 1 is 1.16 bits per heavy atom. The van der Waals surface area contributed by atoms with E-state index in [0.717, 1.165) is 29.7 Å². The molecule has 0 aromatic heterocycles. The van der Waals surface area contributed by atoms with Crippen molar-refractivity contribution in [2.24, 2.45) is 4.99 Å². The standard InChI is InChI=1S/C32H36BrN5O6/c1-43-31(41)27-8-4-15-36(27)16-5-14-34-30(40)29(21-22-9-10-28(39)25(33)20-22)44-37-17-12-24(13-18-37)38-19-11-23-6-2-3-7-26(23)35-32(38)42/h2-3,6-7,9-10,16,20,24,27,29,39H,4,8,11-13,15,17-19,21H2,1H3,(H,35,42)/t27-,29+/m0/s1. The number of hydrogen-bond donors (Lipinski definition) is 2. The van der Waals surface area contributed by atoms with E-state index in [1.54, 1.807) is 34.4 Å². The number of piperidine rings is 1. The summed E-state index contributed by atoms with van der Waals surface area (Å²) >= 11 is 3.33.